The van der Waals surface area contributed by atoms with Gasteiger partial charge in [0.05, 0.1) is 19.8 Å². The van der Waals surface area contributed by atoms with Gasteiger partial charge in [0.25, 0.3) is 0 Å². The van der Waals surface area contributed by atoms with E-state index in [1.165, 1.54) is 0 Å². The minimum atomic E-state index is -0.492. The molecule has 1 aromatic heterocycles. The number of carbonyl (C=O) groups is 1. The predicted molar refractivity (Wildman–Crippen MR) is 98.8 cm³/mol. The molecule has 0 fully saturated rings. The van der Waals surface area contributed by atoms with Crippen molar-refractivity contribution in [2.45, 2.75) is 13.3 Å². The molecule has 0 bridgehead atoms. The van der Waals surface area contributed by atoms with Gasteiger partial charge in [0, 0.05) is 12.0 Å². The summed E-state index contributed by atoms with van der Waals surface area (Å²) in [5, 5.41) is 10.5. The second kappa shape index (κ2) is 7.49. The van der Waals surface area contributed by atoms with Crippen LogP contribution in [0, 0.1) is 0 Å². The summed E-state index contributed by atoms with van der Waals surface area (Å²) in [5.74, 6) is 1.04. The Morgan fingerprint density at radius 1 is 1.00 bits per heavy atom. The monoisotopic (exact) mass is 365 g/mol. The fraction of sp³-hybridized carbons (Fsp3) is 0.250. The lowest BCUT2D eigenvalue weighted by molar-refractivity contribution is 0.0520. The smallest absolute Gasteiger partial charge is 0.361 e. The number of ether oxygens (including phenoxy) is 3. The largest absolute Gasteiger partial charge is 0.490 e. The highest BCUT2D eigenvalue weighted by molar-refractivity contribution is 5.94. The van der Waals surface area contributed by atoms with Gasteiger partial charge in [-0.15, -0.1) is 5.10 Å². The van der Waals surface area contributed by atoms with Crippen LogP contribution in [0.25, 0.3) is 22.4 Å². The number of carbonyl (C=O) groups excluding carboxylic acids is 1. The zero-order chi connectivity index (χ0) is 18.6. The minimum absolute atomic E-state index is 0.181. The van der Waals surface area contributed by atoms with Gasteiger partial charge in [0.2, 0.25) is 0 Å². The summed E-state index contributed by atoms with van der Waals surface area (Å²) >= 11 is 0. The van der Waals surface area contributed by atoms with Crippen molar-refractivity contribution in [2.24, 2.45) is 0 Å². The van der Waals surface area contributed by atoms with Crippen LogP contribution < -0.4 is 9.47 Å². The van der Waals surface area contributed by atoms with E-state index in [0.717, 1.165) is 34.6 Å². The van der Waals surface area contributed by atoms with E-state index >= 15 is 0 Å². The minimum Gasteiger partial charge on any atom is -0.490 e. The number of aromatic amines is 1. The van der Waals surface area contributed by atoms with Crippen molar-refractivity contribution in [3.05, 3.63) is 48.2 Å². The molecule has 0 unspecified atom stereocenters. The van der Waals surface area contributed by atoms with Crippen LogP contribution in [0.2, 0.25) is 0 Å². The first-order valence-electron chi connectivity index (χ1n) is 8.84. The van der Waals surface area contributed by atoms with Gasteiger partial charge in [0.15, 0.2) is 17.2 Å². The molecule has 0 aliphatic carbocycles. The highest BCUT2D eigenvalue weighted by atomic mass is 16.5. The summed E-state index contributed by atoms with van der Waals surface area (Å²) in [4.78, 5) is 12.0. The van der Waals surface area contributed by atoms with Crippen LogP contribution in [0.1, 0.15) is 23.8 Å². The van der Waals surface area contributed by atoms with E-state index < -0.39 is 5.97 Å². The summed E-state index contributed by atoms with van der Waals surface area (Å²) in [6.45, 7) is 3.36. The second-order valence-corrected chi connectivity index (χ2v) is 6.03. The molecule has 0 saturated heterocycles. The van der Waals surface area contributed by atoms with E-state index in [-0.39, 0.29) is 12.3 Å². The number of H-pyrrole nitrogens is 1. The Kier molecular flexibility index (Phi) is 4.74. The number of fused-ring (bicyclic) bond motifs is 1. The lowest BCUT2D eigenvalue weighted by Gasteiger charge is -2.10. The predicted octanol–water partition coefficient (Wildman–Crippen LogP) is 3.48. The number of esters is 1. The molecule has 1 aliphatic rings. The second-order valence-electron chi connectivity index (χ2n) is 6.03. The van der Waals surface area contributed by atoms with Gasteiger partial charge >= 0.3 is 5.97 Å². The molecule has 7 nitrogen and oxygen atoms in total. The van der Waals surface area contributed by atoms with E-state index in [2.05, 4.69) is 15.4 Å². The van der Waals surface area contributed by atoms with Crippen molar-refractivity contribution in [3.8, 4) is 33.9 Å². The number of hydrogen-bond acceptors (Lipinski definition) is 6. The molecule has 27 heavy (non-hydrogen) atoms. The molecule has 1 N–H and O–H groups in total. The standard InChI is InChI=1S/C20H19N3O4/c1-2-25-20(24)19-18(21-23-22-19)14-6-4-13(5-7-14)15-8-9-16-17(12-15)27-11-3-10-26-16/h4-9,12H,2-3,10-11H2,1H3,(H,21,22,23). The number of nitrogens with one attached hydrogen (secondary N) is 1. The summed E-state index contributed by atoms with van der Waals surface area (Å²) in [6, 6.07) is 13.7. The van der Waals surface area contributed by atoms with Gasteiger partial charge in [0.1, 0.15) is 5.69 Å². The number of benzene rings is 2. The third-order valence-corrected chi connectivity index (χ3v) is 4.26. The van der Waals surface area contributed by atoms with Crippen molar-refractivity contribution in [1.82, 2.24) is 15.4 Å². The molecule has 0 atom stereocenters. The summed E-state index contributed by atoms with van der Waals surface area (Å²) in [7, 11) is 0. The fourth-order valence-corrected chi connectivity index (χ4v) is 2.94. The average Bonchev–Trinajstić information content (AvgIpc) is 3.07. The quantitative estimate of drug-likeness (QED) is 0.713. The lowest BCUT2D eigenvalue weighted by atomic mass is 10.0. The Bertz CT molecular complexity index is 950. The Morgan fingerprint density at radius 2 is 1.70 bits per heavy atom. The Balaban J connectivity index is 1.61. The first kappa shape index (κ1) is 17.1. The first-order chi connectivity index (χ1) is 13.3. The zero-order valence-electron chi connectivity index (χ0n) is 14.9. The average molecular weight is 365 g/mol. The Hall–Kier alpha value is -3.35. The van der Waals surface area contributed by atoms with Crippen molar-refractivity contribution < 1.29 is 19.0 Å². The topological polar surface area (TPSA) is 86.3 Å². The SMILES string of the molecule is CCOC(=O)c1n[nH]nc1-c1ccc(-c2ccc3c(c2)OCCCO3)cc1. The van der Waals surface area contributed by atoms with E-state index in [0.29, 0.717) is 18.9 Å². The molecule has 138 valence electrons. The number of rotatable bonds is 4. The van der Waals surface area contributed by atoms with Gasteiger partial charge in [-0.1, -0.05) is 30.3 Å². The highest BCUT2D eigenvalue weighted by Crippen LogP contribution is 2.34. The van der Waals surface area contributed by atoms with Gasteiger partial charge in [-0.25, -0.2) is 4.79 Å². The highest BCUT2D eigenvalue weighted by Gasteiger charge is 2.19. The van der Waals surface area contributed by atoms with Crippen molar-refractivity contribution in [1.29, 1.82) is 0 Å². The lowest BCUT2D eigenvalue weighted by Crippen LogP contribution is -2.06. The molecule has 0 radical (unpaired) electrons. The van der Waals surface area contributed by atoms with Crippen molar-refractivity contribution in [2.75, 3.05) is 19.8 Å². The maximum Gasteiger partial charge on any atom is 0.361 e. The molecular formula is C20H19N3O4. The van der Waals surface area contributed by atoms with Crippen LogP contribution in [0.15, 0.2) is 42.5 Å². The Morgan fingerprint density at radius 3 is 2.48 bits per heavy atom. The molecule has 2 aromatic carbocycles. The van der Waals surface area contributed by atoms with E-state index in [9.17, 15) is 4.79 Å². The van der Waals surface area contributed by atoms with Gasteiger partial charge in [-0.3, -0.25) is 0 Å². The van der Waals surface area contributed by atoms with Crippen LogP contribution in [-0.4, -0.2) is 41.2 Å². The van der Waals surface area contributed by atoms with Crippen LogP contribution in [0.4, 0.5) is 0 Å². The molecule has 4 rings (SSSR count). The summed E-state index contributed by atoms with van der Waals surface area (Å²) < 4.78 is 16.5. The molecule has 2 heterocycles. The third kappa shape index (κ3) is 3.48. The van der Waals surface area contributed by atoms with E-state index in [1.54, 1.807) is 6.92 Å². The first-order valence-corrected chi connectivity index (χ1v) is 8.84. The van der Waals surface area contributed by atoms with Gasteiger partial charge in [-0.05, 0) is 30.2 Å². The number of aromatic nitrogens is 3. The molecule has 3 aromatic rings. The third-order valence-electron chi connectivity index (χ3n) is 4.26. The van der Waals surface area contributed by atoms with Crippen molar-refractivity contribution in [3.63, 3.8) is 0 Å². The van der Waals surface area contributed by atoms with E-state index in [1.807, 2.05) is 42.5 Å². The molecule has 0 amide bonds. The van der Waals surface area contributed by atoms with Crippen LogP contribution in [0.3, 0.4) is 0 Å². The molecule has 0 spiro atoms. The Labute approximate surface area is 156 Å². The molecular weight excluding hydrogens is 346 g/mol. The van der Waals surface area contributed by atoms with Gasteiger partial charge < -0.3 is 14.2 Å². The molecule has 7 heteroatoms. The van der Waals surface area contributed by atoms with Crippen molar-refractivity contribution >= 4 is 5.97 Å². The maximum atomic E-state index is 12.0. The summed E-state index contributed by atoms with van der Waals surface area (Å²) in [6.07, 6.45) is 0.874. The molecule has 1 aliphatic heterocycles. The number of nitrogens with zero attached hydrogens (tertiary/aromatic N) is 2. The van der Waals surface area contributed by atoms with Crippen LogP contribution in [-0.2, 0) is 4.74 Å². The van der Waals surface area contributed by atoms with Crippen LogP contribution >= 0.6 is 0 Å². The fourth-order valence-electron chi connectivity index (χ4n) is 2.94. The molecule has 0 saturated carbocycles. The zero-order valence-corrected chi connectivity index (χ0v) is 14.9. The summed E-state index contributed by atoms with van der Waals surface area (Å²) in [5.41, 5.74) is 3.48. The number of hydrogen-bond donors (Lipinski definition) is 1. The van der Waals surface area contributed by atoms with Crippen LogP contribution in [0.5, 0.6) is 11.5 Å². The normalized spacial score (nSPS) is 13.1. The van der Waals surface area contributed by atoms with E-state index in [4.69, 9.17) is 14.2 Å². The maximum absolute atomic E-state index is 12.0. The van der Waals surface area contributed by atoms with Gasteiger partial charge in [-0.2, -0.15) is 10.3 Å².